The maximum Gasteiger partial charge on any atom is 0.147 e. The number of halogens is 1. The van der Waals surface area contributed by atoms with Crippen LogP contribution in [0.5, 0.6) is 0 Å². The molecule has 0 unspecified atom stereocenters. The van der Waals surface area contributed by atoms with Gasteiger partial charge in [-0.15, -0.1) is 0 Å². The summed E-state index contributed by atoms with van der Waals surface area (Å²) in [4.78, 5) is 12.6. The molecule has 0 bridgehead atoms. The molecule has 2 aromatic heterocycles. The summed E-state index contributed by atoms with van der Waals surface area (Å²) in [6.07, 6.45) is 7.61. The standard InChI is InChI=1S/C21H23ClN6S/c1-14-3-2-4-16(19(14)22)29-18-12-24-17(11-25-18)27-9-6-21(7-10-27)13-28-15(20(21)23)5-8-26-28/h2-5,8,11-12,20H,6-7,9-10,13,23H2,1H3/t20-/m1/s1. The van der Waals surface area contributed by atoms with Crippen LogP contribution in [0.3, 0.4) is 0 Å². The predicted molar refractivity (Wildman–Crippen MR) is 115 cm³/mol. The number of aryl methyl sites for hydroxylation is 1. The van der Waals surface area contributed by atoms with Crippen molar-refractivity contribution in [2.75, 3.05) is 18.0 Å². The molecule has 1 aromatic carbocycles. The molecule has 0 amide bonds. The fourth-order valence-electron chi connectivity index (χ4n) is 4.44. The van der Waals surface area contributed by atoms with Crippen LogP contribution in [0.1, 0.15) is 30.1 Å². The van der Waals surface area contributed by atoms with Gasteiger partial charge in [-0.2, -0.15) is 5.10 Å². The second kappa shape index (κ2) is 7.31. The van der Waals surface area contributed by atoms with E-state index < -0.39 is 0 Å². The Bertz CT molecular complexity index is 1030. The zero-order valence-electron chi connectivity index (χ0n) is 16.3. The van der Waals surface area contributed by atoms with Gasteiger partial charge in [-0.1, -0.05) is 35.5 Å². The highest BCUT2D eigenvalue weighted by atomic mass is 35.5. The van der Waals surface area contributed by atoms with E-state index in [2.05, 4.69) is 24.6 Å². The predicted octanol–water partition coefficient (Wildman–Crippen LogP) is 4.09. The summed E-state index contributed by atoms with van der Waals surface area (Å²) >= 11 is 7.94. The van der Waals surface area contributed by atoms with Crippen molar-refractivity contribution in [2.24, 2.45) is 11.1 Å². The van der Waals surface area contributed by atoms with Crippen molar-refractivity contribution in [1.29, 1.82) is 0 Å². The molecular weight excluding hydrogens is 404 g/mol. The van der Waals surface area contributed by atoms with Gasteiger partial charge in [0.25, 0.3) is 0 Å². The molecule has 1 atom stereocenters. The van der Waals surface area contributed by atoms with Crippen LogP contribution in [-0.4, -0.2) is 32.8 Å². The van der Waals surface area contributed by atoms with Crippen LogP contribution in [0.15, 0.2) is 52.8 Å². The Morgan fingerprint density at radius 3 is 2.72 bits per heavy atom. The average Bonchev–Trinajstić information content (AvgIpc) is 3.28. The van der Waals surface area contributed by atoms with Crippen LogP contribution in [-0.2, 0) is 6.54 Å². The highest BCUT2D eigenvalue weighted by molar-refractivity contribution is 7.99. The SMILES string of the molecule is Cc1cccc(Sc2cnc(N3CCC4(CC3)Cn3nccc3[C@H]4N)cn2)c1Cl. The van der Waals surface area contributed by atoms with Crippen molar-refractivity contribution >= 4 is 29.2 Å². The fraction of sp³-hybridized carbons (Fsp3) is 0.381. The van der Waals surface area contributed by atoms with Gasteiger partial charge in [0.15, 0.2) is 0 Å². The van der Waals surface area contributed by atoms with Crippen LogP contribution < -0.4 is 10.6 Å². The first-order valence-corrected chi connectivity index (χ1v) is 11.0. The summed E-state index contributed by atoms with van der Waals surface area (Å²) in [7, 11) is 0. The maximum atomic E-state index is 6.58. The van der Waals surface area contributed by atoms with E-state index in [1.54, 1.807) is 11.8 Å². The van der Waals surface area contributed by atoms with E-state index in [0.717, 1.165) is 64.5 Å². The van der Waals surface area contributed by atoms with Gasteiger partial charge in [0.1, 0.15) is 10.8 Å². The fourth-order valence-corrected chi connectivity index (χ4v) is 5.51. The van der Waals surface area contributed by atoms with Crippen molar-refractivity contribution in [3.05, 3.63) is 59.1 Å². The summed E-state index contributed by atoms with van der Waals surface area (Å²) < 4.78 is 2.07. The topological polar surface area (TPSA) is 72.9 Å². The molecule has 1 spiro atoms. The molecule has 8 heteroatoms. The van der Waals surface area contributed by atoms with Crippen molar-refractivity contribution < 1.29 is 0 Å². The average molecular weight is 427 g/mol. The highest BCUT2D eigenvalue weighted by Gasteiger charge is 2.46. The van der Waals surface area contributed by atoms with E-state index in [1.807, 2.05) is 49.8 Å². The van der Waals surface area contributed by atoms with E-state index in [1.165, 1.54) is 0 Å². The van der Waals surface area contributed by atoms with Gasteiger partial charge in [-0.25, -0.2) is 9.97 Å². The minimum atomic E-state index is 0.0658. The molecule has 1 saturated heterocycles. The van der Waals surface area contributed by atoms with Gasteiger partial charge in [0.2, 0.25) is 0 Å². The molecule has 29 heavy (non-hydrogen) atoms. The van der Waals surface area contributed by atoms with Crippen LogP contribution in [0.2, 0.25) is 5.02 Å². The first-order valence-electron chi connectivity index (χ1n) is 9.83. The molecule has 2 aliphatic rings. The Labute approximate surface area is 179 Å². The van der Waals surface area contributed by atoms with Crippen LogP contribution in [0.4, 0.5) is 5.82 Å². The third-order valence-corrected chi connectivity index (χ3v) is 7.85. The molecule has 2 aliphatic heterocycles. The molecular formula is C21H23ClN6S. The van der Waals surface area contributed by atoms with Crippen molar-refractivity contribution in [1.82, 2.24) is 19.7 Å². The van der Waals surface area contributed by atoms with E-state index in [9.17, 15) is 0 Å². The number of nitrogens with zero attached hydrogens (tertiary/aromatic N) is 5. The van der Waals surface area contributed by atoms with E-state index in [0.29, 0.717) is 0 Å². The summed E-state index contributed by atoms with van der Waals surface area (Å²) in [5.74, 6) is 0.920. The zero-order chi connectivity index (χ0) is 20.0. The molecule has 1 fully saturated rings. The lowest BCUT2D eigenvalue weighted by Crippen LogP contribution is -2.45. The van der Waals surface area contributed by atoms with Crippen LogP contribution in [0.25, 0.3) is 0 Å². The van der Waals surface area contributed by atoms with Crippen molar-refractivity contribution in [3.8, 4) is 0 Å². The lowest BCUT2D eigenvalue weighted by molar-refractivity contribution is 0.170. The van der Waals surface area contributed by atoms with E-state index >= 15 is 0 Å². The van der Waals surface area contributed by atoms with E-state index in [4.69, 9.17) is 17.3 Å². The molecule has 3 aromatic rings. The minimum Gasteiger partial charge on any atom is -0.355 e. The highest BCUT2D eigenvalue weighted by Crippen LogP contribution is 2.47. The molecule has 150 valence electrons. The number of hydrogen-bond donors (Lipinski definition) is 1. The molecule has 6 nitrogen and oxygen atoms in total. The molecule has 4 heterocycles. The molecule has 2 N–H and O–H groups in total. The number of aromatic nitrogens is 4. The summed E-state index contributed by atoms with van der Waals surface area (Å²) in [6, 6.07) is 8.14. The molecule has 5 rings (SSSR count). The number of rotatable bonds is 3. The zero-order valence-corrected chi connectivity index (χ0v) is 17.8. The first kappa shape index (κ1) is 18.9. The number of fused-ring (bicyclic) bond motifs is 1. The minimum absolute atomic E-state index is 0.0658. The summed E-state index contributed by atoms with van der Waals surface area (Å²) in [5.41, 5.74) is 8.92. The second-order valence-corrected chi connectivity index (χ2v) is 9.38. The van der Waals surface area contributed by atoms with Crippen LogP contribution >= 0.6 is 23.4 Å². The van der Waals surface area contributed by atoms with Gasteiger partial charge in [-0.3, -0.25) is 4.68 Å². The normalized spacial score (nSPS) is 20.2. The van der Waals surface area contributed by atoms with Crippen LogP contribution in [0, 0.1) is 12.3 Å². The lowest BCUT2D eigenvalue weighted by atomic mass is 9.73. The van der Waals surface area contributed by atoms with Gasteiger partial charge >= 0.3 is 0 Å². The Kier molecular flexibility index (Phi) is 4.76. The molecule has 0 aliphatic carbocycles. The largest absolute Gasteiger partial charge is 0.355 e. The number of anilines is 1. The number of benzene rings is 1. The Morgan fingerprint density at radius 2 is 2.00 bits per heavy atom. The Hall–Kier alpha value is -2.09. The smallest absolute Gasteiger partial charge is 0.147 e. The third kappa shape index (κ3) is 3.31. The van der Waals surface area contributed by atoms with E-state index in [-0.39, 0.29) is 11.5 Å². The van der Waals surface area contributed by atoms with Gasteiger partial charge in [0.05, 0.1) is 29.2 Å². The lowest BCUT2D eigenvalue weighted by Gasteiger charge is -2.41. The number of nitrogens with two attached hydrogens (primary N) is 1. The number of hydrogen-bond acceptors (Lipinski definition) is 6. The first-order chi connectivity index (χ1) is 14.1. The van der Waals surface area contributed by atoms with Crippen molar-refractivity contribution in [2.45, 2.75) is 42.3 Å². The quantitative estimate of drug-likeness (QED) is 0.680. The Balaban J connectivity index is 1.25. The molecule has 0 radical (unpaired) electrons. The van der Waals surface area contributed by atoms with Gasteiger partial charge in [-0.05, 0) is 37.5 Å². The van der Waals surface area contributed by atoms with Crippen molar-refractivity contribution in [3.63, 3.8) is 0 Å². The molecule has 0 saturated carbocycles. The van der Waals surface area contributed by atoms with Gasteiger partial charge < -0.3 is 10.6 Å². The monoisotopic (exact) mass is 426 g/mol. The summed E-state index contributed by atoms with van der Waals surface area (Å²) in [5, 5.41) is 6.04. The summed E-state index contributed by atoms with van der Waals surface area (Å²) in [6.45, 7) is 4.79. The third-order valence-electron chi connectivity index (χ3n) is 6.26. The number of piperidine rings is 1. The van der Waals surface area contributed by atoms with Gasteiger partial charge in [0, 0.05) is 36.1 Å². The maximum absolute atomic E-state index is 6.58. The Morgan fingerprint density at radius 1 is 1.17 bits per heavy atom. The second-order valence-electron chi connectivity index (χ2n) is 7.94.